The molecule has 1 saturated heterocycles. The molecule has 1 N–H and O–H groups in total. The molecule has 3 heterocycles. The minimum atomic E-state index is 0.408. The molecule has 2 aromatic heterocycles. The Morgan fingerprint density at radius 3 is 2.57 bits per heavy atom. The number of aliphatic imine (C=N–C) groups is 1. The molecular weight excluding hydrogens is 406 g/mol. The van der Waals surface area contributed by atoms with Gasteiger partial charge in [0.1, 0.15) is 5.76 Å². The van der Waals surface area contributed by atoms with E-state index in [-0.39, 0.29) is 0 Å². The van der Waals surface area contributed by atoms with Crippen LogP contribution in [0.5, 0.6) is 0 Å². The monoisotopic (exact) mass is 429 g/mol. The highest BCUT2D eigenvalue weighted by atomic mass is 35.5. The number of rotatable bonds is 5. The first-order valence-corrected chi connectivity index (χ1v) is 10.2. The maximum Gasteiger partial charge on any atom is 0.246 e. The first kappa shape index (κ1) is 20.4. The summed E-state index contributed by atoms with van der Waals surface area (Å²) in [6.45, 7) is 6.71. The molecule has 0 radical (unpaired) electrons. The van der Waals surface area contributed by atoms with Crippen molar-refractivity contribution in [3.8, 4) is 11.4 Å². The zero-order valence-electron chi connectivity index (χ0n) is 17.0. The van der Waals surface area contributed by atoms with Gasteiger partial charge in [-0.1, -0.05) is 21.9 Å². The van der Waals surface area contributed by atoms with Crippen LogP contribution in [0, 0.1) is 6.92 Å². The van der Waals surface area contributed by atoms with E-state index in [9.17, 15) is 0 Å². The molecule has 10 heteroatoms. The number of hydrogen-bond donors (Lipinski definition) is 1. The van der Waals surface area contributed by atoms with Gasteiger partial charge in [-0.25, -0.2) is 0 Å². The lowest BCUT2D eigenvalue weighted by molar-refractivity contribution is 0.168. The number of guanidine groups is 1. The molecule has 0 unspecified atom stereocenters. The van der Waals surface area contributed by atoms with E-state index in [1.54, 1.807) is 19.2 Å². The molecule has 0 bridgehead atoms. The third kappa shape index (κ3) is 4.98. The lowest BCUT2D eigenvalue weighted by Crippen LogP contribution is -2.52. The van der Waals surface area contributed by atoms with Crippen molar-refractivity contribution in [1.29, 1.82) is 0 Å². The van der Waals surface area contributed by atoms with Crippen LogP contribution in [0.4, 0.5) is 0 Å². The van der Waals surface area contributed by atoms with Crippen LogP contribution in [0.1, 0.15) is 17.3 Å². The Morgan fingerprint density at radius 1 is 1.13 bits per heavy atom. The number of aromatic nitrogens is 3. The molecule has 1 aromatic carbocycles. The van der Waals surface area contributed by atoms with Crippen molar-refractivity contribution in [1.82, 2.24) is 30.4 Å². The Morgan fingerprint density at radius 2 is 1.90 bits per heavy atom. The fourth-order valence-corrected chi connectivity index (χ4v) is 3.50. The van der Waals surface area contributed by atoms with Gasteiger partial charge in [0.05, 0.1) is 12.2 Å². The largest absolute Gasteiger partial charge is 0.361 e. The smallest absolute Gasteiger partial charge is 0.246 e. The molecular formula is C20H24ClN7O2. The highest BCUT2D eigenvalue weighted by Crippen LogP contribution is 2.18. The summed E-state index contributed by atoms with van der Waals surface area (Å²) in [5.41, 5.74) is 1.83. The van der Waals surface area contributed by atoms with Gasteiger partial charge in [-0.15, -0.1) is 0 Å². The fraction of sp³-hybridized carbons (Fsp3) is 0.400. The zero-order valence-corrected chi connectivity index (χ0v) is 17.8. The van der Waals surface area contributed by atoms with Crippen LogP contribution in [0.2, 0.25) is 5.02 Å². The van der Waals surface area contributed by atoms with Crippen LogP contribution in [-0.4, -0.2) is 64.3 Å². The van der Waals surface area contributed by atoms with Crippen molar-refractivity contribution in [3.05, 3.63) is 52.7 Å². The Balaban J connectivity index is 1.28. The summed E-state index contributed by atoms with van der Waals surface area (Å²) in [4.78, 5) is 13.4. The van der Waals surface area contributed by atoms with Crippen LogP contribution in [0.3, 0.4) is 0 Å². The molecule has 0 amide bonds. The predicted molar refractivity (Wildman–Crippen MR) is 113 cm³/mol. The average Bonchev–Trinajstić information content (AvgIpc) is 3.39. The Bertz CT molecular complexity index is 991. The van der Waals surface area contributed by atoms with E-state index in [2.05, 4.69) is 35.4 Å². The molecule has 0 spiro atoms. The Hall–Kier alpha value is -2.91. The van der Waals surface area contributed by atoms with Crippen LogP contribution in [-0.2, 0) is 13.1 Å². The molecule has 0 atom stereocenters. The lowest BCUT2D eigenvalue weighted by Gasteiger charge is -2.36. The Kier molecular flexibility index (Phi) is 6.29. The Labute approximate surface area is 179 Å². The van der Waals surface area contributed by atoms with E-state index in [1.165, 1.54) is 0 Å². The van der Waals surface area contributed by atoms with Gasteiger partial charge in [-0.2, -0.15) is 4.98 Å². The van der Waals surface area contributed by atoms with Crippen LogP contribution < -0.4 is 5.32 Å². The zero-order chi connectivity index (χ0) is 20.9. The highest BCUT2D eigenvalue weighted by molar-refractivity contribution is 6.30. The SMILES string of the molecule is CN=C(NCc1nc(-c2ccc(Cl)cc2)no1)N1CCN(Cc2cc(C)on2)CC1. The minimum absolute atomic E-state index is 0.408. The summed E-state index contributed by atoms with van der Waals surface area (Å²) in [7, 11) is 1.78. The summed E-state index contributed by atoms with van der Waals surface area (Å²) in [6.07, 6.45) is 0. The molecule has 1 fully saturated rings. The summed E-state index contributed by atoms with van der Waals surface area (Å²) in [5, 5.41) is 12.1. The topological polar surface area (TPSA) is 95.8 Å². The quantitative estimate of drug-likeness (QED) is 0.488. The molecule has 4 rings (SSSR count). The second-order valence-corrected chi connectivity index (χ2v) is 7.55. The van der Waals surface area contributed by atoms with Gasteiger partial charge in [0, 0.05) is 56.4 Å². The summed E-state index contributed by atoms with van der Waals surface area (Å²) in [5.74, 6) is 2.70. The normalized spacial score (nSPS) is 15.6. The van der Waals surface area contributed by atoms with Crippen molar-refractivity contribution >= 4 is 17.6 Å². The molecule has 0 saturated carbocycles. The van der Waals surface area contributed by atoms with E-state index >= 15 is 0 Å². The van der Waals surface area contributed by atoms with Crippen molar-refractivity contribution in [2.75, 3.05) is 33.2 Å². The van der Waals surface area contributed by atoms with Crippen molar-refractivity contribution < 1.29 is 9.05 Å². The molecule has 158 valence electrons. The molecule has 3 aromatic rings. The first-order valence-electron chi connectivity index (χ1n) is 9.79. The molecule has 1 aliphatic heterocycles. The average molecular weight is 430 g/mol. The fourth-order valence-electron chi connectivity index (χ4n) is 3.37. The summed E-state index contributed by atoms with van der Waals surface area (Å²) < 4.78 is 10.5. The van der Waals surface area contributed by atoms with E-state index in [1.807, 2.05) is 25.1 Å². The van der Waals surface area contributed by atoms with E-state index in [4.69, 9.17) is 20.6 Å². The number of piperazine rings is 1. The second kappa shape index (κ2) is 9.27. The number of halogens is 1. The lowest BCUT2D eigenvalue weighted by atomic mass is 10.2. The van der Waals surface area contributed by atoms with Gasteiger partial charge in [0.15, 0.2) is 5.96 Å². The van der Waals surface area contributed by atoms with Gasteiger partial charge >= 0.3 is 0 Å². The van der Waals surface area contributed by atoms with Crippen molar-refractivity contribution in [3.63, 3.8) is 0 Å². The second-order valence-electron chi connectivity index (χ2n) is 7.11. The predicted octanol–water partition coefficient (Wildman–Crippen LogP) is 2.58. The van der Waals surface area contributed by atoms with Gasteiger partial charge in [0.2, 0.25) is 11.7 Å². The maximum absolute atomic E-state index is 5.93. The molecule has 9 nitrogen and oxygen atoms in total. The number of nitrogens with one attached hydrogen (secondary N) is 1. The molecule has 0 aliphatic carbocycles. The van der Waals surface area contributed by atoms with Crippen molar-refractivity contribution in [2.24, 2.45) is 4.99 Å². The number of hydrogen-bond acceptors (Lipinski definition) is 7. The first-order chi connectivity index (χ1) is 14.6. The maximum atomic E-state index is 5.93. The third-order valence-electron chi connectivity index (χ3n) is 4.91. The van der Waals surface area contributed by atoms with Gasteiger partial charge in [-0.05, 0) is 31.2 Å². The van der Waals surface area contributed by atoms with Gasteiger partial charge < -0.3 is 19.3 Å². The molecule has 30 heavy (non-hydrogen) atoms. The van der Waals surface area contributed by atoms with E-state index in [0.29, 0.717) is 23.3 Å². The van der Waals surface area contributed by atoms with Crippen LogP contribution in [0.15, 0.2) is 44.4 Å². The summed E-state index contributed by atoms with van der Waals surface area (Å²) >= 11 is 5.93. The van der Waals surface area contributed by atoms with Gasteiger partial charge in [0.25, 0.3) is 0 Å². The summed E-state index contributed by atoms with van der Waals surface area (Å²) in [6, 6.07) is 9.31. The molecule has 1 aliphatic rings. The number of aryl methyl sites for hydroxylation is 1. The van der Waals surface area contributed by atoms with E-state index in [0.717, 1.165) is 55.7 Å². The highest BCUT2D eigenvalue weighted by Gasteiger charge is 2.21. The number of nitrogens with zero attached hydrogens (tertiary/aromatic N) is 6. The van der Waals surface area contributed by atoms with Crippen LogP contribution in [0.25, 0.3) is 11.4 Å². The third-order valence-corrected chi connectivity index (χ3v) is 5.17. The standard InChI is InChI=1S/C20H24ClN7O2/c1-14-11-17(25-29-14)13-27-7-9-28(10-8-27)20(22-2)23-12-18-24-19(26-30-18)15-3-5-16(21)6-4-15/h3-6,11H,7-10,12-13H2,1-2H3,(H,22,23). The van der Waals surface area contributed by atoms with Crippen molar-refractivity contribution in [2.45, 2.75) is 20.0 Å². The minimum Gasteiger partial charge on any atom is -0.361 e. The van der Waals surface area contributed by atoms with Gasteiger partial charge in [-0.3, -0.25) is 9.89 Å². The van der Waals surface area contributed by atoms with E-state index < -0.39 is 0 Å². The number of benzene rings is 1. The van der Waals surface area contributed by atoms with Crippen LogP contribution >= 0.6 is 11.6 Å².